The summed E-state index contributed by atoms with van der Waals surface area (Å²) in [5.41, 5.74) is 7.24. The molecule has 1 aromatic carbocycles. The van der Waals surface area contributed by atoms with Gasteiger partial charge in [0.15, 0.2) is 0 Å². The number of anilines is 2. The van der Waals surface area contributed by atoms with Gasteiger partial charge in [-0.15, -0.1) is 0 Å². The average Bonchev–Trinajstić information content (AvgIpc) is 2.35. The Labute approximate surface area is 112 Å². The number of carbonyl (C=O) groups is 1. The van der Waals surface area contributed by atoms with Gasteiger partial charge in [0.1, 0.15) is 0 Å². The molecule has 1 unspecified atom stereocenters. The average molecular weight is 268 g/mol. The molecule has 0 spiro atoms. The number of hydrogen-bond donors (Lipinski definition) is 2. The molecule has 1 atom stereocenters. The summed E-state index contributed by atoms with van der Waals surface area (Å²) in [7, 11) is 1.96. The molecule has 0 aliphatic rings. The fourth-order valence-corrected chi connectivity index (χ4v) is 2.78. The Morgan fingerprint density at radius 3 is 2.72 bits per heavy atom. The van der Waals surface area contributed by atoms with Gasteiger partial charge in [0.25, 0.3) is 0 Å². The quantitative estimate of drug-likeness (QED) is 0.776. The third kappa shape index (κ3) is 3.10. The van der Waals surface area contributed by atoms with E-state index in [1.165, 1.54) is 6.07 Å². The molecule has 1 rings (SSSR count). The lowest BCUT2D eigenvalue weighted by atomic mass is 10.1. The molecule has 100 valence electrons. The Bertz CT molecular complexity index is 423. The summed E-state index contributed by atoms with van der Waals surface area (Å²) in [6.45, 7) is 2.12. The fraction of sp³-hybridized carbons (Fsp3) is 0.462. The highest BCUT2D eigenvalue weighted by Crippen LogP contribution is 2.28. The van der Waals surface area contributed by atoms with Crippen molar-refractivity contribution in [3.8, 4) is 0 Å². The number of nitrogens with two attached hydrogens (primary N) is 1. The first-order chi connectivity index (χ1) is 8.52. The van der Waals surface area contributed by atoms with Crippen LogP contribution in [-0.4, -0.2) is 36.2 Å². The Balaban J connectivity index is 3.08. The summed E-state index contributed by atoms with van der Waals surface area (Å²) in [6.07, 6.45) is 3.06. The summed E-state index contributed by atoms with van der Waals surface area (Å²) in [6, 6.07) is 5.48. The van der Waals surface area contributed by atoms with Gasteiger partial charge < -0.3 is 15.7 Å². The minimum atomic E-state index is -0.985. The molecule has 4 nitrogen and oxygen atoms in total. The van der Waals surface area contributed by atoms with Crippen LogP contribution in [0.1, 0.15) is 23.7 Å². The topological polar surface area (TPSA) is 66.6 Å². The molecule has 1 aromatic rings. The second-order valence-electron chi connectivity index (χ2n) is 4.17. The van der Waals surface area contributed by atoms with Crippen LogP contribution in [0.3, 0.4) is 0 Å². The Morgan fingerprint density at radius 1 is 1.56 bits per heavy atom. The predicted octanol–water partition coefficient (Wildman–Crippen LogP) is 2.54. The highest BCUT2D eigenvalue weighted by molar-refractivity contribution is 7.98. The smallest absolute Gasteiger partial charge is 0.337 e. The molecule has 0 fully saturated rings. The standard InChI is InChI=1S/C13H20N2O2S/c1-4-9(8-18-3)15(2)11-7-5-6-10(12(11)14)13(16)17/h5-7,9H,4,8,14H2,1-3H3,(H,16,17). The first kappa shape index (κ1) is 14.7. The SMILES string of the molecule is CCC(CSC)N(C)c1cccc(C(=O)O)c1N. The number of thioether (sulfide) groups is 1. The molecule has 0 aromatic heterocycles. The Hall–Kier alpha value is -1.36. The number of nitrogens with zero attached hydrogens (tertiary/aromatic N) is 1. The molecule has 0 radical (unpaired) electrons. The molecule has 0 aliphatic carbocycles. The number of carboxylic acid groups (broad SMARTS) is 1. The Morgan fingerprint density at radius 2 is 2.22 bits per heavy atom. The zero-order valence-corrected chi connectivity index (χ0v) is 11.8. The minimum Gasteiger partial charge on any atom is -0.478 e. The number of rotatable bonds is 6. The van der Waals surface area contributed by atoms with Crippen molar-refractivity contribution >= 4 is 29.1 Å². The van der Waals surface area contributed by atoms with E-state index in [0.29, 0.717) is 11.7 Å². The van der Waals surface area contributed by atoms with Crippen molar-refractivity contribution in [3.05, 3.63) is 23.8 Å². The lowest BCUT2D eigenvalue weighted by Gasteiger charge is -2.30. The van der Waals surface area contributed by atoms with E-state index in [9.17, 15) is 4.79 Å². The van der Waals surface area contributed by atoms with Gasteiger partial charge in [-0.05, 0) is 24.8 Å². The number of hydrogen-bond acceptors (Lipinski definition) is 4. The summed E-state index contributed by atoms with van der Waals surface area (Å²) in [4.78, 5) is 13.1. The van der Waals surface area contributed by atoms with Gasteiger partial charge in [-0.2, -0.15) is 11.8 Å². The van der Waals surface area contributed by atoms with Crippen molar-refractivity contribution < 1.29 is 9.90 Å². The number of carboxylic acids is 1. The highest BCUT2D eigenvalue weighted by atomic mass is 32.2. The van der Waals surface area contributed by atoms with Gasteiger partial charge in [0.05, 0.1) is 16.9 Å². The Kier molecular flexibility index (Phi) is 5.34. The molecule has 0 saturated heterocycles. The monoisotopic (exact) mass is 268 g/mol. The number of para-hydroxylation sites is 1. The lowest BCUT2D eigenvalue weighted by molar-refractivity contribution is 0.0698. The summed E-state index contributed by atoms with van der Waals surface area (Å²) >= 11 is 1.77. The fourth-order valence-electron chi connectivity index (χ4n) is 1.94. The van der Waals surface area contributed by atoms with Crippen LogP contribution in [0.2, 0.25) is 0 Å². The first-order valence-electron chi connectivity index (χ1n) is 5.86. The van der Waals surface area contributed by atoms with Crippen molar-refractivity contribution in [2.75, 3.05) is 29.7 Å². The van der Waals surface area contributed by atoms with E-state index in [2.05, 4.69) is 18.1 Å². The van der Waals surface area contributed by atoms with Crippen LogP contribution in [0.4, 0.5) is 11.4 Å². The summed E-state index contributed by atoms with van der Waals surface area (Å²) in [5, 5.41) is 9.07. The van der Waals surface area contributed by atoms with E-state index in [1.54, 1.807) is 17.8 Å². The predicted molar refractivity (Wildman–Crippen MR) is 78.7 cm³/mol. The van der Waals surface area contributed by atoms with Crippen molar-refractivity contribution in [2.45, 2.75) is 19.4 Å². The van der Waals surface area contributed by atoms with E-state index in [1.807, 2.05) is 13.1 Å². The van der Waals surface area contributed by atoms with Crippen LogP contribution in [0.15, 0.2) is 18.2 Å². The van der Waals surface area contributed by atoms with Crippen LogP contribution in [0.25, 0.3) is 0 Å². The highest BCUT2D eigenvalue weighted by Gasteiger charge is 2.18. The van der Waals surface area contributed by atoms with Crippen LogP contribution < -0.4 is 10.6 Å². The molecule has 0 heterocycles. The molecule has 18 heavy (non-hydrogen) atoms. The van der Waals surface area contributed by atoms with Crippen LogP contribution in [0, 0.1) is 0 Å². The largest absolute Gasteiger partial charge is 0.478 e. The maximum absolute atomic E-state index is 11.1. The van der Waals surface area contributed by atoms with E-state index in [0.717, 1.165) is 17.9 Å². The zero-order valence-electron chi connectivity index (χ0n) is 11.0. The zero-order chi connectivity index (χ0) is 13.7. The molecular formula is C13H20N2O2S. The van der Waals surface area contributed by atoms with Crippen molar-refractivity contribution in [1.29, 1.82) is 0 Å². The van der Waals surface area contributed by atoms with Gasteiger partial charge in [0.2, 0.25) is 0 Å². The van der Waals surface area contributed by atoms with Crippen LogP contribution in [-0.2, 0) is 0 Å². The molecule has 3 N–H and O–H groups in total. The third-order valence-corrected chi connectivity index (χ3v) is 3.79. The van der Waals surface area contributed by atoms with E-state index in [4.69, 9.17) is 10.8 Å². The molecule has 0 aliphatic heterocycles. The van der Waals surface area contributed by atoms with Gasteiger partial charge in [-0.25, -0.2) is 4.79 Å². The third-order valence-electron chi connectivity index (χ3n) is 3.07. The van der Waals surface area contributed by atoms with Gasteiger partial charge in [-0.3, -0.25) is 0 Å². The van der Waals surface area contributed by atoms with Crippen molar-refractivity contribution in [3.63, 3.8) is 0 Å². The second kappa shape index (κ2) is 6.54. The summed E-state index contributed by atoms with van der Waals surface area (Å²) in [5.74, 6) is 0.00433. The molecule has 0 amide bonds. The molecular weight excluding hydrogens is 248 g/mol. The minimum absolute atomic E-state index is 0.165. The van der Waals surface area contributed by atoms with E-state index in [-0.39, 0.29) is 5.56 Å². The maximum Gasteiger partial charge on any atom is 0.337 e. The normalized spacial score (nSPS) is 12.2. The molecule has 5 heteroatoms. The number of benzene rings is 1. The van der Waals surface area contributed by atoms with Crippen LogP contribution in [0.5, 0.6) is 0 Å². The first-order valence-corrected chi connectivity index (χ1v) is 7.25. The lowest BCUT2D eigenvalue weighted by Crippen LogP contribution is -2.33. The van der Waals surface area contributed by atoms with Gasteiger partial charge >= 0.3 is 5.97 Å². The van der Waals surface area contributed by atoms with Crippen molar-refractivity contribution in [1.82, 2.24) is 0 Å². The van der Waals surface area contributed by atoms with Gasteiger partial charge in [0, 0.05) is 18.8 Å². The van der Waals surface area contributed by atoms with Crippen molar-refractivity contribution in [2.24, 2.45) is 0 Å². The van der Waals surface area contributed by atoms with Gasteiger partial charge in [-0.1, -0.05) is 13.0 Å². The second-order valence-corrected chi connectivity index (χ2v) is 5.08. The number of nitrogen functional groups attached to an aromatic ring is 1. The van der Waals surface area contributed by atoms with E-state index < -0.39 is 5.97 Å². The summed E-state index contributed by atoms with van der Waals surface area (Å²) < 4.78 is 0. The maximum atomic E-state index is 11.1. The molecule has 0 bridgehead atoms. The number of aromatic carboxylic acids is 1. The van der Waals surface area contributed by atoms with Crippen LogP contribution >= 0.6 is 11.8 Å². The van der Waals surface area contributed by atoms with E-state index >= 15 is 0 Å². The molecule has 0 saturated carbocycles.